The van der Waals surface area contributed by atoms with Gasteiger partial charge in [-0.05, 0) is 34.5 Å². The number of rotatable bonds is 7. The fourth-order valence-corrected chi connectivity index (χ4v) is 2.58. The fourth-order valence-electron chi connectivity index (χ4n) is 2.02. The molecule has 1 amide bonds. The van der Waals surface area contributed by atoms with Crippen LogP contribution in [0.3, 0.4) is 0 Å². The highest BCUT2D eigenvalue weighted by molar-refractivity contribution is 9.10. The molecule has 0 unspecified atom stereocenters. The SMILES string of the molecule is CCOc1cc(C#N)cc(Br)c1OCC(=O)NCc1ccccc1. The molecule has 0 spiro atoms. The molecule has 2 rings (SSSR count). The highest BCUT2D eigenvalue weighted by Gasteiger charge is 2.14. The van der Waals surface area contributed by atoms with Crippen LogP contribution in [0, 0.1) is 11.3 Å². The highest BCUT2D eigenvalue weighted by Crippen LogP contribution is 2.36. The predicted molar refractivity (Wildman–Crippen MR) is 93.8 cm³/mol. The van der Waals surface area contributed by atoms with Crippen LogP contribution < -0.4 is 14.8 Å². The molecule has 1 N–H and O–H groups in total. The average molecular weight is 389 g/mol. The van der Waals surface area contributed by atoms with Crippen molar-refractivity contribution >= 4 is 21.8 Å². The third kappa shape index (κ3) is 5.00. The van der Waals surface area contributed by atoms with Gasteiger partial charge in [-0.3, -0.25) is 4.79 Å². The van der Waals surface area contributed by atoms with Crippen LogP contribution in [0.4, 0.5) is 0 Å². The van der Waals surface area contributed by atoms with Crippen LogP contribution in [0.15, 0.2) is 46.9 Å². The maximum absolute atomic E-state index is 11.9. The van der Waals surface area contributed by atoms with Crippen LogP contribution in [0.5, 0.6) is 11.5 Å². The van der Waals surface area contributed by atoms with Crippen molar-refractivity contribution in [3.8, 4) is 17.6 Å². The quantitative estimate of drug-likeness (QED) is 0.788. The summed E-state index contributed by atoms with van der Waals surface area (Å²) in [5.41, 5.74) is 1.46. The molecular weight excluding hydrogens is 372 g/mol. The van der Waals surface area contributed by atoms with E-state index in [2.05, 4.69) is 27.3 Å². The Morgan fingerprint density at radius 2 is 2.00 bits per heavy atom. The van der Waals surface area contributed by atoms with E-state index in [4.69, 9.17) is 14.7 Å². The molecule has 2 aromatic rings. The highest BCUT2D eigenvalue weighted by atomic mass is 79.9. The van der Waals surface area contributed by atoms with Gasteiger partial charge in [0.1, 0.15) is 0 Å². The summed E-state index contributed by atoms with van der Waals surface area (Å²) in [4.78, 5) is 11.9. The average Bonchev–Trinajstić information content (AvgIpc) is 2.60. The van der Waals surface area contributed by atoms with Gasteiger partial charge in [-0.15, -0.1) is 0 Å². The van der Waals surface area contributed by atoms with Gasteiger partial charge in [0.25, 0.3) is 5.91 Å². The van der Waals surface area contributed by atoms with Crippen LogP contribution in [-0.2, 0) is 11.3 Å². The number of nitrogens with zero attached hydrogens (tertiary/aromatic N) is 1. The van der Waals surface area contributed by atoms with Gasteiger partial charge in [-0.2, -0.15) is 5.26 Å². The number of carbonyl (C=O) groups excluding carboxylic acids is 1. The molecule has 0 aliphatic rings. The van der Waals surface area contributed by atoms with E-state index < -0.39 is 0 Å². The number of nitrogens with one attached hydrogen (secondary N) is 1. The van der Waals surface area contributed by atoms with Crippen molar-refractivity contribution < 1.29 is 14.3 Å². The molecule has 0 aliphatic carbocycles. The number of carbonyl (C=O) groups is 1. The predicted octanol–water partition coefficient (Wildman–Crippen LogP) is 3.41. The second kappa shape index (κ2) is 8.94. The lowest BCUT2D eigenvalue weighted by molar-refractivity contribution is -0.123. The lowest BCUT2D eigenvalue weighted by Gasteiger charge is -2.14. The molecule has 24 heavy (non-hydrogen) atoms. The van der Waals surface area contributed by atoms with Gasteiger partial charge in [0.2, 0.25) is 0 Å². The summed E-state index contributed by atoms with van der Waals surface area (Å²) in [6.07, 6.45) is 0. The topological polar surface area (TPSA) is 71.3 Å². The van der Waals surface area contributed by atoms with E-state index >= 15 is 0 Å². The standard InChI is InChI=1S/C18H17BrN2O3/c1-2-23-16-9-14(10-20)8-15(19)18(16)24-12-17(22)21-11-13-6-4-3-5-7-13/h3-9H,2,11-12H2,1H3,(H,21,22). The van der Waals surface area contributed by atoms with E-state index in [1.165, 1.54) is 0 Å². The van der Waals surface area contributed by atoms with Crippen molar-refractivity contribution in [3.05, 3.63) is 58.1 Å². The summed E-state index contributed by atoms with van der Waals surface area (Å²) in [6, 6.07) is 14.9. The number of amides is 1. The molecule has 0 aromatic heterocycles. The van der Waals surface area contributed by atoms with E-state index in [0.717, 1.165) is 5.56 Å². The number of hydrogen-bond acceptors (Lipinski definition) is 4. The Kier molecular flexibility index (Phi) is 6.64. The minimum absolute atomic E-state index is 0.141. The Morgan fingerprint density at radius 1 is 1.25 bits per heavy atom. The van der Waals surface area contributed by atoms with Crippen molar-refractivity contribution in [1.29, 1.82) is 5.26 Å². The first-order valence-corrected chi connectivity index (χ1v) is 8.23. The summed E-state index contributed by atoms with van der Waals surface area (Å²) < 4.78 is 11.6. The summed E-state index contributed by atoms with van der Waals surface area (Å²) in [5, 5.41) is 11.8. The smallest absolute Gasteiger partial charge is 0.258 e. The van der Waals surface area contributed by atoms with Gasteiger partial charge >= 0.3 is 0 Å². The Labute approximate surface area is 149 Å². The number of benzene rings is 2. The second-order valence-electron chi connectivity index (χ2n) is 4.88. The first kappa shape index (κ1) is 17.8. The van der Waals surface area contributed by atoms with Crippen LogP contribution in [0.25, 0.3) is 0 Å². The summed E-state index contributed by atoms with van der Waals surface area (Å²) in [6.45, 7) is 2.56. The summed E-state index contributed by atoms with van der Waals surface area (Å²) in [7, 11) is 0. The third-order valence-corrected chi connectivity index (χ3v) is 3.71. The minimum Gasteiger partial charge on any atom is -0.490 e. The van der Waals surface area contributed by atoms with Gasteiger partial charge in [0.05, 0.1) is 22.7 Å². The molecule has 0 heterocycles. The Hall–Kier alpha value is -2.52. The zero-order valence-corrected chi connectivity index (χ0v) is 14.8. The molecule has 0 radical (unpaired) electrons. The molecule has 0 saturated carbocycles. The maximum Gasteiger partial charge on any atom is 0.258 e. The fraction of sp³-hybridized carbons (Fsp3) is 0.222. The lowest BCUT2D eigenvalue weighted by atomic mass is 10.2. The van der Waals surface area contributed by atoms with Gasteiger partial charge in [0.15, 0.2) is 18.1 Å². The second-order valence-corrected chi connectivity index (χ2v) is 5.74. The van der Waals surface area contributed by atoms with Crippen molar-refractivity contribution in [2.24, 2.45) is 0 Å². The normalized spacial score (nSPS) is 9.88. The Balaban J connectivity index is 1.98. The van der Waals surface area contributed by atoms with Crippen molar-refractivity contribution in [2.75, 3.05) is 13.2 Å². The van der Waals surface area contributed by atoms with Crippen molar-refractivity contribution in [2.45, 2.75) is 13.5 Å². The van der Waals surface area contributed by atoms with Crippen LogP contribution >= 0.6 is 15.9 Å². The minimum atomic E-state index is -0.238. The van der Waals surface area contributed by atoms with Crippen molar-refractivity contribution in [3.63, 3.8) is 0 Å². The number of hydrogen-bond donors (Lipinski definition) is 1. The zero-order valence-electron chi connectivity index (χ0n) is 13.2. The number of halogens is 1. The number of ether oxygens (including phenoxy) is 2. The van der Waals surface area contributed by atoms with E-state index in [1.807, 2.05) is 37.3 Å². The van der Waals surface area contributed by atoms with Crippen LogP contribution in [0.1, 0.15) is 18.1 Å². The molecule has 5 nitrogen and oxygen atoms in total. The molecule has 0 atom stereocenters. The van der Waals surface area contributed by atoms with E-state index in [1.54, 1.807) is 12.1 Å². The van der Waals surface area contributed by atoms with Crippen LogP contribution in [-0.4, -0.2) is 19.1 Å². The monoisotopic (exact) mass is 388 g/mol. The largest absolute Gasteiger partial charge is 0.490 e. The van der Waals surface area contributed by atoms with E-state index in [9.17, 15) is 4.79 Å². The van der Waals surface area contributed by atoms with E-state index in [-0.39, 0.29) is 12.5 Å². The first-order chi connectivity index (χ1) is 11.6. The van der Waals surface area contributed by atoms with Gasteiger partial charge in [-0.25, -0.2) is 0 Å². The van der Waals surface area contributed by atoms with E-state index in [0.29, 0.717) is 34.7 Å². The molecule has 124 valence electrons. The summed E-state index contributed by atoms with van der Waals surface area (Å²) in [5.74, 6) is 0.600. The molecule has 6 heteroatoms. The Bertz CT molecular complexity index is 742. The van der Waals surface area contributed by atoms with Gasteiger partial charge in [-0.1, -0.05) is 30.3 Å². The Morgan fingerprint density at radius 3 is 2.67 bits per heavy atom. The summed E-state index contributed by atoms with van der Waals surface area (Å²) >= 11 is 3.35. The molecule has 0 aliphatic heterocycles. The third-order valence-electron chi connectivity index (χ3n) is 3.12. The number of nitriles is 1. The first-order valence-electron chi connectivity index (χ1n) is 7.44. The van der Waals surface area contributed by atoms with Gasteiger partial charge < -0.3 is 14.8 Å². The maximum atomic E-state index is 11.9. The molecule has 0 saturated heterocycles. The molecular formula is C18H17BrN2O3. The molecule has 0 fully saturated rings. The molecule has 0 bridgehead atoms. The van der Waals surface area contributed by atoms with Crippen molar-refractivity contribution in [1.82, 2.24) is 5.32 Å². The zero-order chi connectivity index (χ0) is 17.4. The molecule has 2 aromatic carbocycles. The van der Waals surface area contributed by atoms with Gasteiger partial charge in [0, 0.05) is 12.6 Å². The van der Waals surface area contributed by atoms with Crippen LogP contribution in [0.2, 0.25) is 0 Å². The lowest BCUT2D eigenvalue weighted by Crippen LogP contribution is -2.28.